The number of nitrogens with one attached hydrogen (secondary N) is 2. The van der Waals surface area contributed by atoms with Crippen LogP contribution in [-0.2, 0) is 30.3 Å². The van der Waals surface area contributed by atoms with Gasteiger partial charge in [-0.1, -0.05) is 75.0 Å². The number of hydrogen-bond donors (Lipinski definition) is 2. The standard InChI is InChI=1S/C34H47N3O6/c1-9-25-16-13-17-27(20-25)30(31(39)35-22-29(38)42-8)37(24(4)19-18-23(2)3)32(40)28(21-26-14-11-10-12-15-26)36-33(41)43-34(5,6)7/h9-17,20,23-24,28,30H,1,18-19,21-22H2,2-8H3,(H,35,39)(H,36,41). The van der Waals surface area contributed by atoms with E-state index in [1.165, 1.54) is 12.0 Å². The second-order valence-corrected chi connectivity index (χ2v) is 12.0. The maximum Gasteiger partial charge on any atom is 0.408 e. The normalized spacial score (nSPS) is 13.3. The highest BCUT2D eigenvalue weighted by Gasteiger charge is 2.39. The van der Waals surface area contributed by atoms with Crippen LogP contribution in [0.25, 0.3) is 6.08 Å². The minimum atomic E-state index is -1.11. The van der Waals surface area contributed by atoms with E-state index in [1.54, 1.807) is 45.0 Å². The van der Waals surface area contributed by atoms with E-state index in [0.717, 1.165) is 17.5 Å². The lowest BCUT2D eigenvalue weighted by Gasteiger charge is -2.39. The molecule has 2 N–H and O–H groups in total. The SMILES string of the molecule is C=Cc1cccc(C(C(=O)NCC(=O)OC)N(C(=O)C(Cc2ccccc2)NC(=O)OC(C)(C)C)C(C)CCC(C)C)c1. The predicted molar refractivity (Wildman–Crippen MR) is 168 cm³/mol. The summed E-state index contributed by atoms with van der Waals surface area (Å²) >= 11 is 0. The molecular weight excluding hydrogens is 546 g/mol. The molecule has 2 rings (SSSR count). The second-order valence-electron chi connectivity index (χ2n) is 12.0. The molecule has 2 aromatic rings. The van der Waals surface area contributed by atoms with E-state index in [2.05, 4.69) is 31.1 Å². The summed E-state index contributed by atoms with van der Waals surface area (Å²) in [4.78, 5) is 55.0. The van der Waals surface area contributed by atoms with Crippen molar-refractivity contribution >= 4 is 30.0 Å². The molecule has 0 radical (unpaired) electrons. The number of amides is 3. The highest BCUT2D eigenvalue weighted by atomic mass is 16.6. The van der Waals surface area contributed by atoms with Crippen molar-refractivity contribution in [2.75, 3.05) is 13.7 Å². The Bertz CT molecular complexity index is 1240. The molecule has 234 valence electrons. The van der Waals surface area contributed by atoms with Crippen LogP contribution in [0.2, 0.25) is 0 Å². The summed E-state index contributed by atoms with van der Waals surface area (Å²) in [6.07, 6.45) is 2.50. The Kier molecular flexibility index (Phi) is 13.4. The zero-order valence-electron chi connectivity index (χ0n) is 26.5. The molecule has 0 aromatic heterocycles. The monoisotopic (exact) mass is 593 g/mol. The van der Waals surface area contributed by atoms with Crippen LogP contribution >= 0.6 is 0 Å². The van der Waals surface area contributed by atoms with Crippen LogP contribution in [0.3, 0.4) is 0 Å². The average molecular weight is 594 g/mol. The zero-order chi connectivity index (χ0) is 32.2. The first-order valence-corrected chi connectivity index (χ1v) is 14.7. The molecule has 0 heterocycles. The second kappa shape index (κ2) is 16.5. The lowest BCUT2D eigenvalue weighted by molar-refractivity contribution is -0.146. The molecule has 0 aliphatic heterocycles. The summed E-state index contributed by atoms with van der Waals surface area (Å²) < 4.78 is 10.2. The van der Waals surface area contributed by atoms with E-state index < -0.39 is 47.6 Å². The average Bonchev–Trinajstić information content (AvgIpc) is 2.96. The first-order valence-electron chi connectivity index (χ1n) is 14.7. The van der Waals surface area contributed by atoms with Gasteiger partial charge in [0, 0.05) is 12.5 Å². The van der Waals surface area contributed by atoms with Crippen LogP contribution in [-0.4, -0.2) is 60.1 Å². The largest absolute Gasteiger partial charge is 0.468 e. The number of carbonyl (C=O) groups is 4. The van der Waals surface area contributed by atoms with Crippen LogP contribution in [0.1, 0.15) is 77.1 Å². The van der Waals surface area contributed by atoms with Gasteiger partial charge in [-0.3, -0.25) is 14.4 Å². The Balaban J connectivity index is 2.67. The van der Waals surface area contributed by atoms with Crippen molar-refractivity contribution in [3.05, 3.63) is 77.9 Å². The predicted octanol–water partition coefficient (Wildman–Crippen LogP) is 5.45. The molecular formula is C34H47N3O6. The fourth-order valence-corrected chi connectivity index (χ4v) is 4.61. The van der Waals surface area contributed by atoms with E-state index in [0.29, 0.717) is 17.9 Å². The summed E-state index contributed by atoms with van der Waals surface area (Å²) in [6, 6.07) is 14.0. The summed E-state index contributed by atoms with van der Waals surface area (Å²) in [5.74, 6) is -1.26. The molecule has 9 heteroatoms. The van der Waals surface area contributed by atoms with Gasteiger partial charge in [0.1, 0.15) is 24.2 Å². The molecule has 0 aliphatic rings. The van der Waals surface area contributed by atoms with E-state index in [9.17, 15) is 19.2 Å². The van der Waals surface area contributed by atoms with Crippen molar-refractivity contribution < 1.29 is 28.7 Å². The van der Waals surface area contributed by atoms with E-state index in [-0.39, 0.29) is 13.0 Å². The van der Waals surface area contributed by atoms with E-state index in [4.69, 9.17) is 9.47 Å². The zero-order valence-corrected chi connectivity index (χ0v) is 26.5. The maximum atomic E-state index is 14.7. The minimum Gasteiger partial charge on any atom is -0.468 e. The summed E-state index contributed by atoms with van der Waals surface area (Å²) in [7, 11) is 1.24. The third kappa shape index (κ3) is 11.6. The van der Waals surface area contributed by atoms with Crippen molar-refractivity contribution in [2.45, 2.75) is 84.5 Å². The van der Waals surface area contributed by atoms with E-state index in [1.807, 2.05) is 43.3 Å². The first-order chi connectivity index (χ1) is 20.2. The summed E-state index contributed by atoms with van der Waals surface area (Å²) in [5, 5.41) is 5.41. The number of ether oxygens (including phenoxy) is 2. The number of methoxy groups -OCH3 is 1. The molecule has 3 amide bonds. The number of esters is 1. The molecule has 3 atom stereocenters. The first kappa shape index (κ1) is 35.1. The van der Waals surface area contributed by atoms with Crippen molar-refractivity contribution in [2.24, 2.45) is 5.92 Å². The Labute approximate surface area is 256 Å². The highest BCUT2D eigenvalue weighted by molar-refractivity contribution is 5.93. The number of alkyl carbamates (subject to hydrolysis) is 1. The number of rotatable bonds is 14. The van der Waals surface area contributed by atoms with Crippen molar-refractivity contribution in [1.29, 1.82) is 0 Å². The Hall–Kier alpha value is -4.14. The molecule has 0 aliphatic carbocycles. The molecule has 9 nitrogen and oxygen atoms in total. The van der Waals surface area contributed by atoms with Gasteiger partial charge < -0.3 is 25.0 Å². The Morgan fingerprint density at radius 2 is 1.65 bits per heavy atom. The molecule has 2 aromatic carbocycles. The molecule has 0 saturated carbocycles. The van der Waals surface area contributed by atoms with Gasteiger partial charge >= 0.3 is 12.1 Å². The number of nitrogens with zero attached hydrogens (tertiary/aromatic N) is 1. The van der Waals surface area contributed by atoms with Gasteiger partial charge in [0.15, 0.2) is 0 Å². The van der Waals surface area contributed by atoms with Gasteiger partial charge in [0.2, 0.25) is 11.8 Å². The van der Waals surface area contributed by atoms with Crippen molar-refractivity contribution in [1.82, 2.24) is 15.5 Å². The fraction of sp³-hybridized carbons (Fsp3) is 0.471. The lowest BCUT2D eigenvalue weighted by atomic mass is 9.95. The number of benzene rings is 2. The fourth-order valence-electron chi connectivity index (χ4n) is 4.61. The third-order valence-corrected chi connectivity index (χ3v) is 6.79. The maximum absolute atomic E-state index is 14.7. The van der Waals surface area contributed by atoms with Crippen molar-refractivity contribution in [3.8, 4) is 0 Å². The van der Waals surface area contributed by atoms with Gasteiger partial charge in [-0.15, -0.1) is 0 Å². The van der Waals surface area contributed by atoms with Gasteiger partial charge in [-0.25, -0.2) is 4.79 Å². The Morgan fingerprint density at radius 3 is 2.23 bits per heavy atom. The quantitative estimate of drug-likeness (QED) is 0.282. The van der Waals surface area contributed by atoms with Crippen LogP contribution in [0, 0.1) is 5.92 Å². The highest BCUT2D eigenvalue weighted by Crippen LogP contribution is 2.29. The van der Waals surface area contributed by atoms with Crippen LogP contribution in [0.4, 0.5) is 4.79 Å². The van der Waals surface area contributed by atoms with Gasteiger partial charge in [0.05, 0.1) is 7.11 Å². The molecule has 0 fully saturated rings. The summed E-state index contributed by atoms with van der Waals surface area (Å²) in [6.45, 7) is 14.8. The van der Waals surface area contributed by atoms with E-state index >= 15 is 0 Å². The van der Waals surface area contributed by atoms with Gasteiger partial charge in [0.25, 0.3) is 0 Å². The van der Waals surface area contributed by atoms with Crippen LogP contribution in [0.15, 0.2) is 61.2 Å². The number of hydrogen-bond acceptors (Lipinski definition) is 6. The molecule has 3 unspecified atom stereocenters. The van der Waals surface area contributed by atoms with Crippen molar-refractivity contribution in [3.63, 3.8) is 0 Å². The van der Waals surface area contributed by atoms with Gasteiger partial charge in [-0.05, 0) is 69.2 Å². The van der Waals surface area contributed by atoms with Crippen LogP contribution in [0.5, 0.6) is 0 Å². The molecule has 0 spiro atoms. The third-order valence-electron chi connectivity index (χ3n) is 6.79. The van der Waals surface area contributed by atoms with Crippen LogP contribution < -0.4 is 10.6 Å². The summed E-state index contributed by atoms with van der Waals surface area (Å²) in [5.41, 5.74) is 1.35. The Morgan fingerprint density at radius 1 is 0.977 bits per heavy atom. The topological polar surface area (TPSA) is 114 Å². The molecule has 0 saturated heterocycles. The minimum absolute atomic E-state index is 0.176. The smallest absolute Gasteiger partial charge is 0.408 e. The molecule has 0 bridgehead atoms. The number of carbonyl (C=O) groups excluding carboxylic acids is 4. The van der Waals surface area contributed by atoms with Gasteiger partial charge in [-0.2, -0.15) is 0 Å². The lowest BCUT2D eigenvalue weighted by Crippen LogP contribution is -2.56. The molecule has 43 heavy (non-hydrogen) atoms.